The van der Waals surface area contributed by atoms with Crippen LogP contribution in [-0.4, -0.2) is 41.0 Å². The van der Waals surface area contributed by atoms with Gasteiger partial charge in [-0.3, -0.25) is 14.4 Å². The number of aliphatic hydroxyl groups excluding tert-OH is 1. The van der Waals surface area contributed by atoms with E-state index in [4.69, 9.17) is 0 Å². The van der Waals surface area contributed by atoms with Crippen molar-refractivity contribution in [2.24, 2.45) is 0 Å². The van der Waals surface area contributed by atoms with Crippen LogP contribution in [0.15, 0.2) is 66.7 Å². The maximum absolute atomic E-state index is 12.5. The molecule has 0 aliphatic heterocycles. The van der Waals surface area contributed by atoms with Crippen LogP contribution >= 0.6 is 0 Å². The van der Waals surface area contributed by atoms with Gasteiger partial charge in [0, 0.05) is 31.7 Å². The summed E-state index contributed by atoms with van der Waals surface area (Å²) < 4.78 is 0. The van der Waals surface area contributed by atoms with Crippen molar-refractivity contribution >= 4 is 29.6 Å². The number of hydrogen-bond donors (Lipinski definition) is 6. The monoisotopic (exact) mass is 518 g/mol. The number of carbonyl (C=O) groups is 3. The third-order valence-corrected chi connectivity index (χ3v) is 5.94. The van der Waals surface area contributed by atoms with Gasteiger partial charge in [0.25, 0.3) is 0 Å². The quantitative estimate of drug-likeness (QED) is 0.152. The third kappa shape index (κ3) is 9.02. The lowest BCUT2D eigenvalue weighted by Crippen LogP contribution is -2.32. The standard InChI is InChI=1S/C29H34N4O5/c1-19(30-17-28(37)24-8-11-27(36)26(15-24)32-18-34)12-22-4-3-5-23(13-22)14-29(38)31-16-21-6-9-25(10-7-21)33-20(2)35/h3-11,13,15,18-19,28,30,36-37H,12,14,16-17H2,1-2H3,(H,31,38)(H,32,34)(H,33,35)/t19-,28+/m1/s1. The molecule has 6 N–H and O–H groups in total. The van der Waals surface area contributed by atoms with Gasteiger partial charge in [0.15, 0.2) is 0 Å². The van der Waals surface area contributed by atoms with Crippen LogP contribution in [0.1, 0.15) is 42.2 Å². The van der Waals surface area contributed by atoms with Gasteiger partial charge in [-0.05, 0) is 59.9 Å². The highest BCUT2D eigenvalue weighted by molar-refractivity contribution is 5.88. The Bertz CT molecular complexity index is 1250. The number of phenolic OH excluding ortho intramolecular Hbond substituents is 1. The van der Waals surface area contributed by atoms with E-state index < -0.39 is 6.10 Å². The summed E-state index contributed by atoms with van der Waals surface area (Å²) in [5.74, 6) is -0.284. The Balaban J connectivity index is 1.46. The van der Waals surface area contributed by atoms with Crippen molar-refractivity contribution in [3.8, 4) is 5.75 Å². The lowest BCUT2D eigenvalue weighted by atomic mass is 10.0. The molecule has 0 unspecified atom stereocenters. The molecule has 3 aromatic rings. The van der Waals surface area contributed by atoms with Crippen LogP contribution in [-0.2, 0) is 33.8 Å². The van der Waals surface area contributed by atoms with E-state index in [0.717, 1.165) is 16.7 Å². The summed E-state index contributed by atoms with van der Waals surface area (Å²) in [6.07, 6.45) is 0.618. The normalized spacial score (nSPS) is 12.3. The number of phenols is 1. The molecule has 3 rings (SSSR count). The molecule has 0 saturated heterocycles. The Morgan fingerprint density at radius 2 is 1.71 bits per heavy atom. The van der Waals surface area contributed by atoms with Crippen LogP contribution in [0.4, 0.5) is 11.4 Å². The number of rotatable bonds is 13. The lowest BCUT2D eigenvalue weighted by molar-refractivity contribution is -0.120. The van der Waals surface area contributed by atoms with Gasteiger partial charge in [-0.25, -0.2) is 0 Å². The topological polar surface area (TPSA) is 140 Å². The van der Waals surface area contributed by atoms with Gasteiger partial charge in [0.2, 0.25) is 18.2 Å². The third-order valence-electron chi connectivity index (χ3n) is 5.94. The summed E-state index contributed by atoms with van der Waals surface area (Å²) in [5, 5.41) is 31.6. The van der Waals surface area contributed by atoms with E-state index in [1.165, 1.54) is 19.1 Å². The van der Waals surface area contributed by atoms with Gasteiger partial charge in [-0.1, -0.05) is 42.5 Å². The maximum Gasteiger partial charge on any atom is 0.224 e. The minimum Gasteiger partial charge on any atom is -0.506 e. The molecule has 3 aromatic carbocycles. The van der Waals surface area contributed by atoms with Gasteiger partial charge in [-0.15, -0.1) is 0 Å². The van der Waals surface area contributed by atoms with E-state index in [2.05, 4.69) is 21.3 Å². The molecule has 200 valence electrons. The molecular weight excluding hydrogens is 484 g/mol. The van der Waals surface area contributed by atoms with Crippen LogP contribution in [0, 0.1) is 0 Å². The SMILES string of the molecule is CC(=O)Nc1ccc(CNC(=O)Cc2cccc(C[C@@H](C)NC[C@H](O)c3ccc(O)c(NC=O)c3)c2)cc1. The predicted octanol–water partition coefficient (Wildman–Crippen LogP) is 3.03. The van der Waals surface area contributed by atoms with Gasteiger partial charge in [0.05, 0.1) is 18.2 Å². The number of nitrogens with one attached hydrogen (secondary N) is 4. The number of carbonyl (C=O) groups excluding carboxylic acids is 3. The molecular formula is C29H34N4O5. The smallest absolute Gasteiger partial charge is 0.224 e. The summed E-state index contributed by atoms with van der Waals surface area (Å²) in [6.45, 7) is 4.16. The Morgan fingerprint density at radius 3 is 2.42 bits per heavy atom. The number of aliphatic hydroxyl groups is 1. The molecule has 9 nitrogen and oxygen atoms in total. The highest BCUT2D eigenvalue weighted by Crippen LogP contribution is 2.26. The fourth-order valence-corrected chi connectivity index (χ4v) is 4.02. The number of benzene rings is 3. The van der Waals surface area contributed by atoms with E-state index >= 15 is 0 Å². The molecule has 0 heterocycles. The molecule has 3 amide bonds. The maximum atomic E-state index is 12.5. The Labute approximate surface area is 222 Å². The highest BCUT2D eigenvalue weighted by Gasteiger charge is 2.13. The second kappa shape index (κ2) is 13.9. The molecule has 38 heavy (non-hydrogen) atoms. The fraction of sp³-hybridized carbons (Fsp3) is 0.276. The van der Waals surface area contributed by atoms with Crippen LogP contribution < -0.4 is 21.3 Å². The lowest BCUT2D eigenvalue weighted by Gasteiger charge is -2.18. The number of anilines is 2. The van der Waals surface area contributed by atoms with Crippen molar-refractivity contribution in [1.29, 1.82) is 0 Å². The molecule has 0 saturated carbocycles. The van der Waals surface area contributed by atoms with Crippen LogP contribution in [0.2, 0.25) is 0 Å². The zero-order chi connectivity index (χ0) is 27.5. The van der Waals surface area contributed by atoms with Crippen LogP contribution in [0.25, 0.3) is 0 Å². The van der Waals surface area contributed by atoms with Gasteiger partial charge in [0.1, 0.15) is 5.75 Å². The molecule has 9 heteroatoms. The number of hydrogen-bond acceptors (Lipinski definition) is 6. The molecule has 0 radical (unpaired) electrons. The van der Waals surface area contributed by atoms with E-state index in [1.54, 1.807) is 18.2 Å². The molecule has 0 aliphatic rings. The van der Waals surface area contributed by atoms with E-state index in [0.29, 0.717) is 37.2 Å². The minimum absolute atomic E-state index is 0.0545. The summed E-state index contributed by atoms with van der Waals surface area (Å²) in [4.78, 5) is 34.3. The Kier molecular flexibility index (Phi) is 10.4. The van der Waals surface area contributed by atoms with Crippen molar-refractivity contribution in [2.75, 3.05) is 17.2 Å². The first-order valence-corrected chi connectivity index (χ1v) is 12.4. The summed E-state index contributed by atoms with van der Waals surface area (Å²) >= 11 is 0. The Hall–Kier alpha value is -4.21. The average Bonchev–Trinajstić information content (AvgIpc) is 2.88. The zero-order valence-electron chi connectivity index (χ0n) is 21.5. The number of aromatic hydroxyl groups is 1. The zero-order valence-corrected chi connectivity index (χ0v) is 21.5. The van der Waals surface area contributed by atoms with Crippen molar-refractivity contribution in [3.63, 3.8) is 0 Å². The van der Waals surface area contributed by atoms with Gasteiger partial charge >= 0.3 is 0 Å². The van der Waals surface area contributed by atoms with Crippen molar-refractivity contribution in [1.82, 2.24) is 10.6 Å². The summed E-state index contributed by atoms with van der Waals surface area (Å²) in [6, 6.07) is 19.8. The van der Waals surface area contributed by atoms with Gasteiger partial charge < -0.3 is 31.5 Å². The first kappa shape index (κ1) is 28.4. The second-order valence-corrected chi connectivity index (χ2v) is 9.22. The summed E-state index contributed by atoms with van der Waals surface area (Å²) in [5.41, 5.74) is 4.44. The van der Waals surface area contributed by atoms with E-state index in [1.807, 2.05) is 43.3 Å². The minimum atomic E-state index is -0.818. The first-order chi connectivity index (χ1) is 18.2. The van der Waals surface area contributed by atoms with Gasteiger partial charge in [-0.2, -0.15) is 0 Å². The first-order valence-electron chi connectivity index (χ1n) is 12.4. The second-order valence-electron chi connectivity index (χ2n) is 9.22. The molecule has 2 atom stereocenters. The van der Waals surface area contributed by atoms with Crippen molar-refractivity contribution in [3.05, 3.63) is 89.0 Å². The average molecular weight is 519 g/mol. The van der Waals surface area contributed by atoms with Crippen molar-refractivity contribution < 1.29 is 24.6 Å². The molecule has 0 bridgehead atoms. The number of amides is 3. The molecule has 0 aliphatic carbocycles. The highest BCUT2D eigenvalue weighted by atomic mass is 16.3. The summed E-state index contributed by atoms with van der Waals surface area (Å²) in [7, 11) is 0. The van der Waals surface area contributed by atoms with E-state index in [9.17, 15) is 24.6 Å². The molecule has 0 spiro atoms. The van der Waals surface area contributed by atoms with Crippen LogP contribution in [0.5, 0.6) is 5.75 Å². The Morgan fingerprint density at radius 1 is 0.974 bits per heavy atom. The molecule has 0 aromatic heterocycles. The predicted molar refractivity (Wildman–Crippen MR) is 147 cm³/mol. The fourth-order valence-electron chi connectivity index (χ4n) is 4.02. The van der Waals surface area contributed by atoms with Crippen molar-refractivity contribution in [2.45, 2.75) is 45.4 Å². The van der Waals surface area contributed by atoms with Crippen LogP contribution in [0.3, 0.4) is 0 Å². The molecule has 0 fully saturated rings. The van der Waals surface area contributed by atoms with E-state index in [-0.39, 0.29) is 35.7 Å². The largest absolute Gasteiger partial charge is 0.506 e.